The quantitative estimate of drug-likeness (QED) is 0.831. The zero-order valence-electron chi connectivity index (χ0n) is 9.69. The smallest absolute Gasteiger partial charge is 0.100 e. The van der Waals surface area contributed by atoms with Gasteiger partial charge in [0.25, 0.3) is 0 Å². The third kappa shape index (κ3) is 3.22. The molecule has 1 fully saturated rings. The lowest BCUT2D eigenvalue weighted by molar-refractivity contribution is 0.129. The second-order valence-corrected chi connectivity index (χ2v) is 5.15. The first-order valence-electron chi connectivity index (χ1n) is 5.81. The van der Waals surface area contributed by atoms with Crippen LogP contribution in [0.1, 0.15) is 24.0 Å². The van der Waals surface area contributed by atoms with E-state index in [9.17, 15) is 0 Å². The second-order valence-electron chi connectivity index (χ2n) is 4.09. The van der Waals surface area contributed by atoms with Crippen molar-refractivity contribution >= 4 is 11.8 Å². The van der Waals surface area contributed by atoms with Crippen molar-refractivity contribution in [3.63, 3.8) is 0 Å². The Morgan fingerprint density at radius 3 is 3.06 bits per heavy atom. The molecule has 3 nitrogen and oxygen atoms in total. The molecule has 0 bridgehead atoms. The standard InChI is InChI=1S/C13H16N2OS/c14-7-10-3-4-13(11(6-10)8-15)17-9-12-2-1-5-16-12/h3-4,6,12H,1-2,5,7,9,14H2. The molecule has 1 aliphatic heterocycles. The molecule has 1 heterocycles. The lowest BCUT2D eigenvalue weighted by atomic mass is 10.1. The van der Waals surface area contributed by atoms with Crippen molar-refractivity contribution < 1.29 is 4.74 Å². The van der Waals surface area contributed by atoms with Crippen LogP contribution in [0.15, 0.2) is 23.1 Å². The van der Waals surface area contributed by atoms with E-state index in [0.29, 0.717) is 12.6 Å². The molecule has 0 radical (unpaired) electrons. The Morgan fingerprint density at radius 1 is 1.53 bits per heavy atom. The molecule has 17 heavy (non-hydrogen) atoms. The van der Waals surface area contributed by atoms with Crippen LogP contribution in [-0.2, 0) is 11.3 Å². The largest absolute Gasteiger partial charge is 0.377 e. The molecule has 0 aromatic heterocycles. The topological polar surface area (TPSA) is 59.0 Å². The zero-order valence-corrected chi connectivity index (χ0v) is 10.5. The monoisotopic (exact) mass is 248 g/mol. The first-order chi connectivity index (χ1) is 8.33. The van der Waals surface area contributed by atoms with Gasteiger partial charge in [0.1, 0.15) is 6.07 Å². The number of hydrogen-bond acceptors (Lipinski definition) is 4. The molecular formula is C13H16N2OS. The summed E-state index contributed by atoms with van der Waals surface area (Å²) in [6, 6.07) is 8.07. The average Bonchev–Trinajstić information content (AvgIpc) is 2.89. The molecule has 1 aromatic carbocycles. The molecule has 1 aliphatic rings. The Balaban J connectivity index is 2.02. The van der Waals surface area contributed by atoms with Gasteiger partial charge in [-0.2, -0.15) is 5.26 Å². The summed E-state index contributed by atoms with van der Waals surface area (Å²) in [4.78, 5) is 1.03. The minimum atomic E-state index is 0.348. The van der Waals surface area contributed by atoms with Crippen molar-refractivity contribution in [1.82, 2.24) is 0 Å². The van der Waals surface area contributed by atoms with Crippen molar-refractivity contribution in [3.8, 4) is 6.07 Å². The van der Waals surface area contributed by atoms with Crippen LogP contribution < -0.4 is 5.73 Å². The van der Waals surface area contributed by atoms with Crippen LogP contribution in [0.5, 0.6) is 0 Å². The molecule has 1 unspecified atom stereocenters. The maximum Gasteiger partial charge on any atom is 0.100 e. The maximum absolute atomic E-state index is 9.09. The molecule has 4 heteroatoms. The van der Waals surface area contributed by atoms with Crippen molar-refractivity contribution in [2.24, 2.45) is 5.73 Å². The fourth-order valence-corrected chi connectivity index (χ4v) is 2.93. The van der Waals surface area contributed by atoms with E-state index in [4.69, 9.17) is 15.7 Å². The van der Waals surface area contributed by atoms with Gasteiger partial charge in [-0.1, -0.05) is 6.07 Å². The Bertz CT molecular complexity index is 422. The molecule has 0 amide bonds. The summed E-state index contributed by atoms with van der Waals surface area (Å²) in [6.07, 6.45) is 2.64. The number of rotatable bonds is 4. The third-order valence-corrected chi connectivity index (χ3v) is 4.05. The summed E-state index contributed by atoms with van der Waals surface area (Å²) < 4.78 is 5.57. The van der Waals surface area contributed by atoms with E-state index in [2.05, 4.69) is 6.07 Å². The first-order valence-corrected chi connectivity index (χ1v) is 6.79. The Kier molecular flexibility index (Phi) is 4.43. The normalized spacial score (nSPS) is 19.2. The van der Waals surface area contributed by atoms with Crippen LogP contribution in [-0.4, -0.2) is 18.5 Å². The van der Waals surface area contributed by atoms with E-state index < -0.39 is 0 Å². The van der Waals surface area contributed by atoms with Crippen LogP contribution in [0.2, 0.25) is 0 Å². The van der Waals surface area contributed by atoms with Gasteiger partial charge in [-0.3, -0.25) is 0 Å². The lowest BCUT2D eigenvalue weighted by Gasteiger charge is -2.10. The summed E-state index contributed by atoms with van der Waals surface area (Å²) in [5.74, 6) is 0.927. The Labute approximate surface area is 106 Å². The molecule has 0 aliphatic carbocycles. The number of thioether (sulfide) groups is 1. The van der Waals surface area contributed by atoms with Crippen molar-refractivity contribution in [2.45, 2.75) is 30.4 Å². The fraction of sp³-hybridized carbons (Fsp3) is 0.462. The van der Waals surface area contributed by atoms with E-state index in [1.54, 1.807) is 11.8 Å². The SMILES string of the molecule is N#Cc1cc(CN)ccc1SCC1CCCO1. The van der Waals surface area contributed by atoms with E-state index >= 15 is 0 Å². The predicted octanol–water partition coefficient (Wildman–Crippen LogP) is 2.29. The van der Waals surface area contributed by atoms with E-state index in [-0.39, 0.29) is 0 Å². The summed E-state index contributed by atoms with van der Waals surface area (Å²) in [7, 11) is 0. The molecule has 1 atom stereocenters. The Morgan fingerprint density at radius 2 is 2.41 bits per heavy atom. The molecular weight excluding hydrogens is 232 g/mol. The summed E-state index contributed by atoms with van der Waals surface area (Å²) in [5, 5.41) is 9.09. The van der Waals surface area contributed by atoms with Crippen molar-refractivity contribution in [2.75, 3.05) is 12.4 Å². The van der Waals surface area contributed by atoms with E-state index in [1.165, 1.54) is 0 Å². The molecule has 0 saturated carbocycles. The van der Waals surface area contributed by atoms with Gasteiger partial charge in [0.2, 0.25) is 0 Å². The molecule has 1 aromatic rings. The number of nitrogens with zero attached hydrogens (tertiary/aromatic N) is 1. The van der Waals surface area contributed by atoms with Crippen LogP contribution >= 0.6 is 11.8 Å². The summed E-state index contributed by atoms with van der Waals surface area (Å²) in [5.41, 5.74) is 7.28. The highest BCUT2D eigenvalue weighted by molar-refractivity contribution is 7.99. The van der Waals surface area contributed by atoms with Gasteiger partial charge in [0, 0.05) is 23.8 Å². The highest BCUT2D eigenvalue weighted by Crippen LogP contribution is 2.27. The number of hydrogen-bond donors (Lipinski definition) is 1. The zero-order chi connectivity index (χ0) is 12.1. The first kappa shape index (κ1) is 12.4. The van der Waals surface area contributed by atoms with E-state index in [1.807, 2.05) is 18.2 Å². The van der Waals surface area contributed by atoms with Gasteiger partial charge in [0.05, 0.1) is 11.7 Å². The van der Waals surface area contributed by atoms with Crippen LogP contribution in [0, 0.1) is 11.3 Å². The van der Waals surface area contributed by atoms with Crippen molar-refractivity contribution in [3.05, 3.63) is 29.3 Å². The molecule has 2 rings (SSSR count). The molecule has 1 saturated heterocycles. The van der Waals surface area contributed by atoms with Crippen molar-refractivity contribution in [1.29, 1.82) is 5.26 Å². The van der Waals surface area contributed by atoms with Gasteiger partial charge < -0.3 is 10.5 Å². The number of nitrogens with two attached hydrogens (primary N) is 1. The highest BCUT2D eigenvalue weighted by atomic mass is 32.2. The highest BCUT2D eigenvalue weighted by Gasteiger charge is 2.16. The van der Waals surface area contributed by atoms with Gasteiger partial charge in [-0.15, -0.1) is 11.8 Å². The minimum Gasteiger partial charge on any atom is -0.377 e. The minimum absolute atomic E-state index is 0.348. The maximum atomic E-state index is 9.09. The number of nitriles is 1. The molecule has 2 N–H and O–H groups in total. The molecule has 90 valence electrons. The molecule has 0 spiro atoms. The Hall–Kier alpha value is -1.02. The third-order valence-electron chi connectivity index (χ3n) is 2.85. The van der Waals surface area contributed by atoms with Crippen LogP contribution in [0.3, 0.4) is 0 Å². The second kappa shape index (κ2) is 6.06. The average molecular weight is 248 g/mol. The van der Waals surface area contributed by atoms with Gasteiger partial charge in [0.15, 0.2) is 0 Å². The lowest BCUT2D eigenvalue weighted by Crippen LogP contribution is -2.08. The van der Waals surface area contributed by atoms with E-state index in [0.717, 1.165) is 41.2 Å². The van der Waals surface area contributed by atoms with Crippen LogP contribution in [0.25, 0.3) is 0 Å². The predicted molar refractivity (Wildman–Crippen MR) is 68.7 cm³/mol. The number of ether oxygens (including phenoxy) is 1. The summed E-state index contributed by atoms with van der Waals surface area (Å²) >= 11 is 1.70. The summed E-state index contributed by atoms with van der Waals surface area (Å²) in [6.45, 7) is 1.35. The van der Waals surface area contributed by atoms with Crippen LogP contribution in [0.4, 0.5) is 0 Å². The van der Waals surface area contributed by atoms with Gasteiger partial charge >= 0.3 is 0 Å². The van der Waals surface area contributed by atoms with Gasteiger partial charge in [-0.05, 0) is 30.5 Å². The van der Waals surface area contributed by atoms with Gasteiger partial charge in [-0.25, -0.2) is 0 Å². The number of benzene rings is 1. The fourth-order valence-electron chi connectivity index (χ4n) is 1.88.